The Morgan fingerprint density at radius 3 is 2.76 bits per heavy atom. The first-order valence-electron chi connectivity index (χ1n) is 7.10. The van der Waals surface area contributed by atoms with Crippen molar-refractivity contribution in [1.29, 1.82) is 0 Å². The third-order valence-corrected chi connectivity index (χ3v) is 3.11. The first kappa shape index (κ1) is 15.2. The molecule has 1 aromatic carbocycles. The van der Waals surface area contributed by atoms with E-state index in [0.717, 1.165) is 24.1 Å². The molecular formula is C15H21N5O. The fourth-order valence-electron chi connectivity index (χ4n) is 2.00. The van der Waals surface area contributed by atoms with Gasteiger partial charge in [-0.15, -0.1) is 0 Å². The number of aromatic nitrogens is 3. The van der Waals surface area contributed by atoms with E-state index in [1.807, 2.05) is 31.2 Å². The molecule has 0 saturated carbocycles. The second-order valence-electron chi connectivity index (χ2n) is 5.21. The van der Waals surface area contributed by atoms with E-state index in [0.29, 0.717) is 13.0 Å². The van der Waals surface area contributed by atoms with Gasteiger partial charge in [0.1, 0.15) is 12.7 Å². The molecule has 2 aromatic rings. The third kappa shape index (κ3) is 5.35. The van der Waals surface area contributed by atoms with Crippen molar-refractivity contribution < 1.29 is 4.79 Å². The summed E-state index contributed by atoms with van der Waals surface area (Å²) in [5.41, 5.74) is 7.58. The summed E-state index contributed by atoms with van der Waals surface area (Å²) in [6, 6.07) is 7.89. The van der Waals surface area contributed by atoms with E-state index in [-0.39, 0.29) is 11.9 Å². The molecule has 1 aromatic heterocycles. The molecule has 1 unspecified atom stereocenters. The van der Waals surface area contributed by atoms with Crippen molar-refractivity contribution in [2.75, 3.05) is 5.32 Å². The highest BCUT2D eigenvalue weighted by Crippen LogP contribution is 2.11. The Bertz CT molecular complexity index is 548. The lowest BCUT2D eigenvalue weighted by atomic mass is 10.1. The smallest absolute Gasteiger partial charge is 0.224 e. The summed E-state index contributed by atoms with van der Waals surface area (Å²) in [4.78, 5) is 15.7. The fourth-order valence-corrected chi connectivity index (χ4v) is 2.00. The molecule has 1 heterocycles. The summed E-state index contributed by atoms with van der Waals surface area (Å²) in [7, 11) is 0. The SMILES string of the molecule is CC(N)CCCC(=O)Nc1ccc(Cn2cncn2)cc1. The molecule has 0 fully saturated rings. The second kappa shape index (κ2) is 7.54. The average Bonchev–Trinajstić information content (AvgIpc) is 2.93. The monoisotopic (exact) mass is 287 g/mol. The number of hydrogen-bond donors (Lipinski definition) is 2. The molecule has 0 aliphatic heterocycles. The van der Waals surface area contributed by atoms with Crippen LogP contribution in [-0.4, -0.2) is 26.7 Å². The van der Waals surface area contributed by atoms with E-state index in [2.05, 4.69) is 15.4 Å². The van der Waals surface area contributed by atoms with Crippen LogP contribution < -0.4 is 11.1 Å². The molecule has 1 amide bonds. The van der Waals surface area contributed by atoms with Gasteiger partial charge < -0.3 is 11.1 Å². The van der Waals surface area contributed by atoms with Gasteiger partial charge in [-0.25, -0.2) is 9.67 Å². The number of benzene rings is 1. The topological polar surface area (TPSA) is 85.8 Å². The number of nitrogens with zero attached hydrogens (tertiary/aromatic N) is 3. The minimum absolute atomic E-state index is 0.0275. The number of carbonyl (C=O) groups is 1. The highest BCUT2D eigenvalue weighted by Gasteiger charge is 2.04. The number of nitrogens with two attached hydrogens (primary N) is 1. The van der Waals surface area contributed by atoms with Crippen LogP contribution in [0.5, 0.6) is 0 Å². The van der Waals surface area contributed by atoms with Crippen molar-refractivity contribution in [3.8, 4) is 0 Å². The number of carbonyl (C=O) groups excluding carboxylic acids is 1. The van der Waals surface area contributed by atoms with Gasteiger partial charge in [0.15, 0.2) is 0 Å². The second-order valence-corrected chi connectivity index (χ2v) is 5.21. The van der Waals surface area contributed by atoms with Crippen LogP contribution in [0.1, 0.15) is 31.7 Å². The Balaban J connectivity index is 1.80. The molecule has 0 aliphatic carbocycles. The zero-order valence-electron chi connectivity index (χ0n) is 12.2. The molecule has 0 bridgehead atoms. The first-order chi connectivity index (χ1) is 10.1. The number of nitrogens with one attached hydrogen (secondary N) is 1. The third-order valence-electron chi connectivity index (χ3n) is 3.11. The Hall–Kier alpha value is -2.21. The summed E-state index contributed by atoms with van der Waals surface area (Å²) < 4.78 is 1.75. The Kier molecular flexibility index (Phi) is 5.45. The van der Waals surface area contributed by atoms with Crippen LogP contribution in [0, 0.1) is 0 Å². The quantitative estimate of drug-likeness (QED) is 0.813. The molecule has 3 N–H and O–H groups in total. The maximum absolute atomic E-state index is 11.8. The Labute approximate surface area is 124 Å². The minimum Gasteiger partial charge on any atom is -0.328 e. The number of hydrogen-bond acceptors (Lipinski definition) is 4. The molecule has 0 saturated heterocycles. The fraction of sp³-hybridized carbons (Fsp3) is 0.400. The van der Waals surface area contributed by atoms with Gasteiger partial charge in [-0.05, 0) is 37.5 Å². The number of rotatable bonds is 7. The van der Waals surface area contributed by atoms with Crippen LogP contribution in [0.3, 0.4) is 0 Å². The summed E-state index contributed by atoms with van der Waals surface area (Å²) >= 11 is 0. The molecule has 1 atom stereocenters. The van der Waals surface area contributed by atoms with E-state index >= 15 is 0 Å². The predicted molar refractivity (Wildman–Crippen MR) is 81.7 cm³/mol. The zero-order chi connectivity index (χ0) is 15.1. The maximum Gasteiger partial charge on any atom is 0.224 e. The van der Waals surface area contributed by atoms with Crippen molar-refractivity contribution in [2.24, 2.45) is 5.73 Å². The van der Waals surface area contributed by atoms with Crippen molar-refractivity contribution in [2.45, 2.75) is 38.8 Å². The van der Waals surface area contributed by atoms with Gasteiger partial charge in [-0.3, -0.25) is 4.79 Å². The predicted octanol–water partition coefficient (Wildman–Crippen LogP) is 1.78. The van der Waals surface area contributed by atoms with Gasteiger partial charge in [-0.1, -0.05) is 12.1 Å². The van der Waals surface area contributed by atoms with Crippen molar-refractivity contribution in [1.82, 2.24) is 14.8 Å². The minimum atomic E-state index is 0.0275. The van der Waals surface area contributed by atoms with Crippen molar-refractivity contribution >= 4 is 11.6 Å². The van der Waals surface area contributed by atoms with Crippen LogP contribution in [0.15, 0.2) is 36.9 Å². The molecule has 6 nitrogen and oxygen atoms in total. The summed E-state index contributed by atoms with van der Waals surface area (Å²) in [6.07, 6.45) is 5.37. The van der Waals surface area contributed by atoms with E-state index in [4.69, 9.17) is 5.73 Å². The van der Waals surface area contributed by atoms with Gasteiger partial charge >= 0.3 is 0 Å². The largest absolute Gasteiger partial charge is 0.328 e. The highest BCUT2D eigenvalue weighted by molar-refractivity contribution is 5.90. The summed E-state index contributed by atoms with van der Waals surface area (Å²) in [5.74, 6) is 0.0275. The molecule has 6 heteroatoms. The zero-order valence-corrected chi connectivity index (χ0v) is 12.2. The van der Waals surface area contributed by atoms with Crippen LogP contribution in [-0.2, 0) is 11.3 Å². The molecule has 112 valence electrons. The summed E-state index contributed by atoms with van der Waals surface area (Å²) in [5, 5.41) is 6.94. The number of anilines is 1. The van der Waals surface area contributed by atoms with Gasteiger partial charge in [-0.2, -0.15) is 5.10 Å². The van der Waals surface area contributed by atoms with Crippen LogP contribution in [0.2, 0.25) is 0 Å². The van der Waals surface area contributed by atoms with E-state index in [1.165, 1.54) is 6.33 Å². The van der Waals surface area contributed by atoms with Crippen LogP contribution >= 0.6 is 0 Å². The highest BCUT2D eigenvalue weighted by atomic mass is 16.1. The van der Waals surface area contributed by atoms with Crippen molar-refractivity contribution in [3.63, 3.8) is 0 Å². The molecule has 0 aliphatic rings. The van der Waals surface area contributed by atoms with Crippen LogP contribution in [0.4, 0.5) is 5.69 Å². The van der Waals surface area contributed by atoms with E-state index < -0.39 is 0 Å². The van der Waals surface area contributed by atoms with Gasteiger partial charge in [0.25, 0.3) is 0 Å². The normalized spacial score (nSPS) is 12.1. The van der Waals surface area contributed by atoms with Crippen LogP contribution in [0.25, 0.3) is 0 Å². The lowest BCUT2D eigenvalue weighted by Gasteiger charge is -2.07. The lowest BCUT2D eigenvalue weighted by Crippen LogP contribution is -2.16. The van der Waals surface area contributed by atoms with E-state index in [9.17, 15) is 4.79 Å². The molecule has 0 spiro atoms. The van der Waals surface area contributed by atoms with Gasteiger partial charge in [0, 0.05) is 18.2 Å². The average molecular weight is 287 g/mol. The lowest BCUT2D eigenvalue weighted by molar-refractivity contribution is -0.116. The Morgan fingerprint density at radius 2 is 2.14 bits per heavy atom. The van der Waals surface area contributed by atoms with Crippen molar-refractivity contribution in [3.05, 3.63) is 42.5 Å². The Morgan fingerprint density at radius 1 is 1.38 bits per heavy atom. The van der Waals surface area contributed by atoms with Gasteiger partial charge in [0.2, 0.25) is 5.91 Å². The summed E-state index contributed by atoms with van der Waals surface area (Å²) in [6.45, 7) is 2.62. The first-order valence-corrected chi connectivity index (χ1v) is 7.10. The molecule has 0 radical (unpaired) electrons. The molecular weight excluding hydrogens is 266 g/mol. The molecule has 2 rings (SSSR count). The van der Waals surface area contributed by atoms with E-state index in [1.54, 1.807) is 11.0 Å². The molecule has 21 heavy (non-hydrogen) atoms. The van der Waals surface area contributed by atoms with Gasteiger partial charge in [0.05, 0.1) is 6.54 Å². The maximum atomic E-state index is 11.8. The standard InChI is InChI=1S/C15H21N5O/c1-12(16)3-2-4-15(21)19-14-7-5-13(6-8-14)9-20-11-17-10-18-20/h5-8,10-12H,2-4,9,16H2,1H3,(H,19,21). The number of amides is 1.